The maximum Gasteiger partial charge on any atom is 0.273 e. The number of alkyl halides is 2. The van der Waals surface area contributed by atoms with Gasteiger partial charge in [0, 0.05) is 18.6 Å². The van der Waals surface area contributed by atoms with Gasteiger partial charge >= 0.3 is 0 Å². The molecular weight excluding hydrogens is 372 g/mol. The van der Waals surface area contributed by atoms with Crippen molar-refractivity contribution in [3.8, 4) is 5.88 Å². The van der Waals surface area contributed by atoms with Crippen molar-refractivity contribution in [1.82, 2.24) is 9.88 Å². The van der Waals surface area contributed by atoms with Crippen LogP contribution in [0, 0.1) is 0 Å². The number of primary amides is 1. The number of amides is 2. The number of hydrogen-bond acceptors (Lipinski definition) is 5. The second-order valence-electron chi connectivity index (χ2n) is 7.72. The number of aromatic nitrogens is 1. The van der Waals surface area contributed by atoms with E-state index in [4.69, 9.17) is 15.2 Å². The summed E-state index contributed by atoms with van der Waals surface area (Å²) in [6.07, 6.45) is 3.15. The van der Waals surface area contributed by atoms with E-state index in [0.717, 1.165) is 36.1 Å². The maximum atomic E-state index is 13.8. The Morgan fingerprint density at radius 1 is 1.32 bits per heavy atom. The Labute approximate surface area is 161 Å². The van der Waals surface area contributed by atoms with Crippen molar-refractivity contribution in [2.24, 2.45) is 5.73 Å². The molecule has 0 aromatic carbocycles. The molecular formula is C19H23F2N3O4. The highest BCUT2D eigenvalue weighted by molar-refractivity contribution is 5.96. The Hall–Kier alpha value is -2.29. The lowest BCUT2D eigenvalue weighted by atomic mass is 10.1. The number of pyridine rings is 1. The number of nitrogens with two attached hydrogens (primary N) is 1. The van der Waals surface area contributed by atoms with Gasteiger partial charge in [-0.15, -0.1) is 0 Å². The van der Waals surface area contributed by atoms with E-state index >= 15 is 0 Å². The van der Waals surface area contributed by atoms with Gasteiger partial charge in [0.1, 0.15) is 18.3 Å². The molecule has 3 fully saturated rings. The van der Waals surface area contributed by atoms with E-state index in [-0.39, 0.29) is 11.8 Å². The maximum absolute atomic E-state index is 13.8. The van der Waals surface area contributed by atoms with Gasteiger partial charge in [-0.2, -0.15) is 0 Å². The van der Waals surface area contributed by atoms with Crippen LogP contribution in [0.25, 0.3) is 0 Å². The van der Waals surface area contributed by atoms with Gasteiger partial charge in [0.25, 0.3) is 11.8 Å². The molecule has 1 saturated carbocycles. The number of carbonyl (C=O) groups is 2. The van der Waals surface area contributed by atoms with E-state index in [0.29, 0.717) is 25.0 Å². The molecule has 152 valence electrons. The Balaban J connectivity index is 1.55. The molecule has 3 heterocycles. The Kier molecular flexibility index (Phi) is 4.95. The third-order valence-corrected chi connectivity index (χ3v) is 5.42. The number of halogens is 2. The standard InChI is InChI=1S/C19H23F2N3O4/c20-19(21)8-15(16(22)25)24(10-19)18(26)14-6-5-13(11-3-4-11)17(23-14)28-9-12-2-1-7-27-12/h5-6,11-12,15H,1-4,7-10H2,(H2,22,25)/t12-,15?/m1/s1. The average Bonchev–Trinajstić information content (AvgIpc) is 3.25. The van der Waals surface area contributed by atoms with Gasteiger partial charge in [0.05, 0.1) is 12.6 Å². The van der Waals surface area contributed by atoms with Crippen LogP contribution in [0.3, 0.4) is 0 Å². The highest BCUT2D eigenvalue weighted by Gasteiger charge is 2.49. The van der Waals surface area contributed by atoms with Gasteiger partial charge in [0.15, 0.2) is 0 Å². The molecule has 2 amide bonds. The van der Waals surface area contributed by atoms with Gasteiger partial charge in [-0.05, 0) is 37.7 Å². The van der Waals surface area contributed by atoms with Crippen molar-refractivity contribution in [3.05, 3.63) is 23.4 Å². The molecule has 28 heavy (non-hydrogen) atoms. The van der Waals surface area contributed by atoms with Crippen LogP contribution in [0.5, 0.6) is 5.88 Å². The monoisotopic (exact) mass is 395 g/mol. The van der Waals surface area contributed by atoms with E-state index in [9.17, 15) is 18.4 Å². The third-order valence-electron chi connectivity index (χ3n) is 5.42. The molecule has 9 heteroatoms. The lowest BCUT2D eigenvalue weighted by molar-refractivity contribution is -0.121. The minimum Gasteiger partial charge on any atom is -0.475 e. The average molecular weight is 395 g/mol. The summed E-state index contributed by atoms with van der Waals surface area (Å²) in [7, 11) is 0. The molecule has 2 atom stereocenters. The first-order valence-electron chi connectivity index (χ1n) is 9.57. The summed E-state index contributed by atoms with van der Waals surface area (Å²) >= 11 is 0. The minimum absolute atomic E-state index is 0.00951. The molecule has 1 aliphatic carbocycles. The largest absolute Gasteiger partial charge is 0.475 e. The van der Waals surface area contributed by atoms with Crippen LogP contribution < -0.4 is 10.5 Å². The normalized spacial score (nSPS) is 26.4. The Morgan fingerprint density at radius 2 is 2.11 bits per heavy atom. The Bertz CT molecular complexity index is 778. The molecule has 3 aliphatic rings. The summed E-state index contributed by atoms with van der Waals surface area (Å²) in [6.45, 7) is 0.181. The summed E-state index contributed by atoms with van der Waals surface area (Å²) in [5, 5.41) is 0. The van der Waals surface area contributed by atoms with Gasteiger partial charge in [-0.1, -0.05) is 6.07 Å². The molecule has 7 nitrogen and oxygen atoms in total. The fourth-order valence-electron chi connectivity index (χ4n) is 3.77. The van der Waals surface area contributed by atoms with Gasteiger partial charge in [-0.3, -0.25) is 9.59 Å². The van der Waals surface area contributed by atoms with Crippen LogP contribution in [0.4, 0.5) is 8.78 Å². The van der Waals surface area contributed by atoms with E-state index in [1.807, 2.05) is 0 Å². The van der Waals surface area contributed by atoms with Crippen LogP contribution >= 0.6 is 0 Å². The molecule has 0 spiro atoms. The van der Waals surface area contributed by atoms with Crippen molar-refractivity contribution >= 4 is 11.8 Å². The fraction of sp³-hybridized carbons (Fsp3) is 0.632. The SMILES string of the molecule is NC(=O)C1CC(F)(F)CN1C(=O)c1ccc(C2CC2)c(OC[C@H]2CCCO2)n1. The lowest BCUT2D eigenvalue weighted by Crippen LogP contribution is -2.44. The predicted molar refractivity (Wildman–Crippen MR) is 94.3 cm³/mol. The van der Waals surface area contributed by atoms with Gasteiger partial charge < -0.3 is 20.1 Å². The van der Waals surface area contributed by atoms with Crippen molar-refractivity contribution in [2.45, 2.75) is 56.1 Å². The zero-order valence-electron chi connectivity index (χ0n) is 15.4. The first-order chi connectivity index (χ1) is 13.3. The second kappa shape index (κ2) is 7.27. The number of nitrogens with zero attached hydrogens (tertiary/aromatic N) is 2. The topological polar surface area (TPSA) is 94.8 Å². The van der Waals surface area contributed by atoms with Crippen molar-refractivity contribution in [1.29, 1.82) is 0 Å². The third kappa shape index (κ3) is 3.94. The molecule has 2 N–H and O–H groups in total. The summed E-state index contributed by atoms with van der Waals surface area (Å²) in [4.78, 5) is 29.5. The molecule has 1 aromatic rings. The van der Waals surface area contributed by atoms with E-state index < -0.39 is 36.7 Å². The van der Waals surface area contributed by atoms with Crippen LogP contribution in [-0.4, -0.2) is 59.5 Å². The van der Waals surface area contributed by atoms with E-state index in [1.165, 1.54) is 6.07 Å². The molecule has 0 bridgehead atoms. The molecule has 1 aromatic heterocycles. The van der Waals surface area contributed by atoms with Crippen molar-refractivity contribution < 1.29 is 27.8 Å². The quantitative estimate of drug-likeness (QED) is 0.793. The van der Waals surface area contributed by atoms with Gasteiger partial charge in [0.2, 0.25) is 11.8 Å². The van der Waals surface area contributed by atoms with Gasteiger partial charge in [-0.25, -0.2) is 13.8 Å². The predicted octanol–water partition coefficient (Wildman–Crippen LogP) is 1.85. The molecule has 4 rings (SSSR count). The first-order valence-corrected chi connectivity index (χ1v) is 9.57. The van der Waals surface area contributed by atoms with Crippen LogP contribution in [0.1, 0.15) is 54.1 Å². The number of likely N-dealkylation sites (tertiary alicyclic amines) is 1. The number of rotatable bonds is 6. The summed E-state index contributed by atoms with van der Waals surface area (Å²) in [5.41, 5.74) is 6.10. The van der Waals surface area contributed by atoms with E-state index in [1.54, 1.807) is 6.07 Å². The van der Waals surface area contributed by atoms with E-state index in [2.05, 4.69) is 4.98 Å². The van der Waals surface area contributed by atoms with Crippen LogP contribution in [0.15, 0.2) is 12.1 Å². The van der Waals surface area contributed by atoms with Crippen LogP contribution in [0.2, 0.25) is 0 Å². The number of hydrogen-bond donors (Lipinski definition) is 1. The van der Waals surface area contributed by atoms with Crippen LogP contribution in [-0.2, 0) is 9.53 Å². The number of ether oxygens (including phenoxy) is 2. The zero-order chi connectivity index (χ0) is 19.9. The van der Waals surface area contributed by atoms with Crippen molar-refractivity contribution in [3.63, 3.8) is 0 Å². The molecule has 2 saturated heterocycles. The van der Waals surface area contributed by atoms with Crippen molar-refractivity contribution in [2.75, 3.05) is 19.8 Å². The lowest BCUT2D eigenvalue weighted by Gasteiger charge is -2.22. The molecule has 2 aliphatic heterocycles. The Morgan fingerprint density at radius 3 is 2.75 bits per heavy atom. The fourth-order valence-corrected chi connectivity index (χ4v) is 3.77. The smallest absolute Gasteiger partial charge is 0.273 e. The zero-order valence-corrected chi connectivity index (χ0v) is 15.4. The summed E-state index contributed by atoms with van der Waals surface area (Å²) < 4.78 is 38.9. The highest BCUT2D eigenvalue weighted by atomic mass is 19.3. The summed E-state index contributed by atoms with van der Waals surface area (Å²) in [6, 6.07) is 1.92. The number of carbonyl (C=O) groups excluding carboxylic acids is 2. The molecule has 0 radical (unpaired) electrons. The highest BCUT2D eigenvalue weighted by Crippen LogP contribution is 2.44. The first kappa shape index (κ1) is 19.0. The molecule has 1 unspecified atom stereocenters. The minimum atomic E-state index is -3.15. The second-order valence-corrected chi connectivity index (χ2v) is 7.72. The summed E-state index contributed by atoms with van der Waals surface area (Å²) in [5.74, 6) is -4.17.